The van der Waals surface area contributed by atoms with Crippen LogP contribution in [0, 0.1) is 0 Å². The Morgan fingerprint density at radius 2 is 1.12 bits per heavy atom. The van der Waals surface area contributed by atoms with E-state index in [1.165, 1.54) is 11.1 Å². The van der Waals surface area contributed by atoms with Crippen molar-refractivity contribution in [2.75, 3.05) is 13.1 Å². The van der Waals surface area contributed by atoms with Crippen LogP contribution in [0.15, 0.2) is 60.7 Å². The molecule has 2 rings (SSSR count). The Labute approximate surface area is 190 Å². The van der Waals surface area contributed by atoms with Gasteiger partial charge in [0.2, 0.25) is 11.8 Å². The van der Waals surface area contributed by atoms with Gasteiger partial charge in [-0.15, -0.1) is 0 Å². The minimum atomic E-state index is -5.08. The Morgan fingerprint density at radius 3 is 1.42 bits per heavy atom. The lowest BCUT2D eigenvalue weighted by Gasteiger charge is -2.12. The van der Waals surface area contributed by atoms with Gasteiger partial charge in [0.1, 0.15) is 0 Å². The molecule has 10 heteroatoms. The average molecular weight is 467 g/mol. The Kier molecular flexibility index (Phi) is 12.2. The van der Waals surface area contributed by atoms with Crippen molar-refractivity contribution < 1.29 is 32.7 Å². The van der Waals surface area contributed by atoms with Crippen molar-refractivity contribution >= 4 is 17.8 Å². The molecule has 0 atom stereocenters. The molecule has 0 aromatic heterocycles. The van der Waals surface area contributed by atoms with E-state index in [1.807, 2.05) is 36.4 Å². The highest BCUT2D eigenvalue weighted by atomic mass is 19.4. The summed E-state index contributed by atoms with van der Waals surface area (Å²) in [7, 11) is 0. The van der Waals surface area contributed by atoms with Gasteiger partial charge in [0.05, 0.1) is 0 Å². The summed E-state index contributed by atoms with van der Waals surface area (Å²) in [4.78, 5) is 32.8. The summed E-state index contributed by atoms with van der Waals surface area (Å²) >= 11 is 0. The summed E-state index contributed by atoms with van der Waals surface area (Å²) in [6.45, 7) is 1.01. The molecule has 0 heterocycles. The minimum Gasteiger partial charge on any atom is -0.475 e. The molecule has 5 N–H and O–H groups in total. The van der Waals surface area contributed by atoms with Crippen LogP contribution in [0.4, 0.5) is 13.2 Å². The Morgan fingerprint density at radius 1 is 0.788 bits per heavy atom. The molecular formula is C23H28F3N3O4. The van der Waals surface area contributed by atoms with E-state index in [1.54, 1.807) is 0 Å². The summed E-state index contributed by atoms with van der Waals surface area (Å²) in [5.41, 5.74) is 8.17. The summed E-state index contributed by atoms with van der Waals surface area (Å²) in [6.07, 6.45) is -1.72. The number of carboxylic acid groups (broad SMARTS) is 1. The van der Waals surface area contributed by atoms with Crippen molar-refractivity contribution in [1.82, 2.24) is 10.6 Å². The van der Waals surface area contributed by atoms with Crippen LogP contribution in [0.2, 0.25) is 0 Å². The maximum Gasteiger partial charge on any atom is 0.490 e. The molecular weight excluding hydrogens is 439 g/mol. The zero-order chi connectivity index (χ0) is 24.7. The fourth-order valence-electron chi connectivity index (χ4n) is 2.64. The van der Waals surface area contributed by atoms with Gasteiger partial charge in [0.15, 0.2) is 6.04 Å². The van der Waals surface area contributed by atoms with Crippen molar-refractivity contribution in [3.05, 3.63) is 71.8 Å². The highest BCUT2D eigenvalue weighted by Gasteiger charge is 2.38. The van der Waals surface area contributed by atoms with Gasteiger partial charge in [-0.2, -0.15) is 13.2 Å². The SMILES string of the molecule is NC(C(=O)NCCCc1ccccc1)C(=O)NCCCc1ccccc1.O=C(O)C(F)(F)F. The molecule has 180 valence electrons. The molecule has 2 aromatic carbocycles. The molecule has 0 fully saturated rings. The number of hydrogen-bond acceptors (Lipinski definition) is 4. The second kappa shape index (κ2) is 14.6. The molecule has 0 unspecified atom stereocenters. The van der Waals surface area contributed by atoms with Crippen molar-refractivity contribution in [2.45, 2.75) is 37.9 Å². The summed E-state index contributed by atoms with van der Waals surface area (Å²) in [6, 6.07) is 19.0. The minimum absolute atomic E-state index is 0.432. The number of carbonyl (C=O) groups is 3. The smallest absolute Gasteiger partial charge is 0.475 e. The molecule has 33 heavy (non-hydrogen) atoms. The largest absolute Gasteiger partial charge is 0.490 e. The highest BCUT2D eigenvalue weighted by Crippen LogP contribution is 2.13. The van der Waals surface area contributed by atoms with Gasteiger partial charge in [0.25, 0.3) is 0 Å². The Bertz CT molecular complexity index is 803. The van der Waals surface area contributed by atoms with Crippen LogP contribution in [-0.2, 0) is 27.2 Å². The van der Waals surface area contributed by atoms with E-state index in [9.17, 15) is 22.8 Å². The van der Waals surface area contributed by atoms with Gasteiger partial charge < -0.3 is 21.5 Å². The van der Waals surface area contributed by atoms with Crippen LogP contribution in [0.3, 0.4) is 0 Å². The van der Waals surface area contributed by atoms with Gasteiger partial charge in [-0.1, -0.05) is 60.7 Å². The van der Waals surface area contributed by atoms with Gasteiger partial charge in [-0.05, 0) is 36.8 Å². The monoisotopic (exact) mass is 467 g/mol. The number of alkyl halides is 3. The molecule has 0 spiro atoms. The summed E-state index contributed by atoms with van der Waals surface area (Å²) in [5, 5.41) is 12.6. The number of halogens is 3. The molecule has 0 radical (unpaired) electrons. The third kappa shape index (κ3) is 12.3. The number of hydrogen-bond donors (Lipinski definition) is 4. The molecule has 0 aliphatic heterocycles. The fourth-order valence-corrected chi connectivity index (χ4v) is 2.64. The number of benzene rings is 2. The first kappa shape index (κ1) is 27.6. The molecule has 2 amide bonds. The maximum absolute atomic E-state index is 12.0. The molecule has 7 nitrogen and oxygen atoms in total. The van der Waals surface area contributed by atoms with Gasteiger partial charge in [0, 0.05) is 13.1 Å². The van der Waals surface area contributed by atoms with Gasteiger partial charge in [-0.3, -0.25) is 9.59 Å². The van der Waals surface area contributed by atoms with Crippen LogP contribution < -0.4 is 16.4 Å². The van der Waals surface area contributed by atoms with E-state index in [4.69, 9.17) is 15.6 Å². The van der Waals surface area contributed by atoms with Crippen molar-refractivity contribution in [3.8, 4) is 0 Å². The number of rotatable bonds is 10. The van der Waals surface area contributed by atoms with Crippen LogP contribution in [0.1, 0.15) is 24.0 Å². The zero-order valence-corrected chi connectivity index (χ0v) is 18.0. The lowest BCUT2D eigenvalue weighted by molar-refractivity contribution is -0.192. The van der Waals surface area contributed by atoms with Crippen LogP contribution in [0.25, 0.3) is 0 Å². The number of aliphatic carboxylic acids is 1. The number of nitrogens with one attached hydrogen (secondary N) is 2. The zero-order valence-electron chi connectivity index (χ0n) is 18.0. The van der Waals surface area contributed by atoms with Crippen LogP contribution >= 0.6 is 0 Å². The van der Waals surface area contributed by atoms with Crippen molar-refractivity contribution in [3.63, 3.8) is 0 Å². The third-order valence-corrected chi connectivity index (χ3v) is 4.38. The normalized spacial score (nSPS) is 10.7. The lowest BCUT2D eigenvalue weighted by atomic mass is 10.1. The van der Waals surface area contributed by atoms with E-state index in [0.29, 0.717) is 13.1 Å². The number of nitrogens with two attached hydrogens (primary N) is 1. The summed E-state index contributed by atoms with van der Waals surface area (Å²) < 4.78 is 31.7. The van der Waals surface area contributed by atoms with E-state index in [-0.39, 0.29) is 0 Å². The fraction of sp³-hybridized carbons (Fsp3) is 0.348. The molecule has 0 bridgehead atoms. The first-order valence-electron chi connectivity index (χ1n) is 10.3. The first-order valence-corrected chi connectivity index (χ1v) is 10.3. The van der Waals surface area contributed by atoms with E-state index in [0.717, 1.165) is 25.7 Å². The topological polar surface area (TPSA) is 122 Å². The second-order valence-electron chi connectivity index (χ2n) is 7.04. The highest BCUT2D eigenvalue weighted by molar-refractivity contribution is 6.04. The predicted molar refractivity (Wildman–Crippen MR) is 117 cm³/mol. The molecule has 0 saturated carbocycles. The number of carbonyl (C=O) groups excluding carboxylic acids is 2. The maximum atomic E-state index is 12.0. The number of aryl methyl sites for hydroxylation is 2. The molecule has 0 saturated heterocycles. The summed E-state index contributed by atoms with van der Waals surface area (Å²) in [5.74, 6) is -3.62. The Balaban J connectivity index is 0.000000675. The van der Waals surface area contributed by atoms with E-state index in [2.05, 4.69) is 34.9 Å². The molecule has 2 aromatic rings. The van der Waals surface area contributed by atoms with Crippen LogP contribution in [-0.4, -0.2) is 48.2 Å². The van der Waals surface area contributed by atoms with Crippen molar-refractivity contribution in [2.24, 2.45) is 5.73 Å². The van der Waals surface area contributed by atoms with Gasteiger partial charge in [-0.25, -0.2) is 4.79 Å². The van der Waals surface area contributed by atoms with E-state index >= 15 is 0 Å². The van der Waals surface area contributed by atoms with Gasteiger partial charge >= 0.3 is 12.1 Å². The molecule has 0 aliphatic rings. The number of amides is 2. The Hall–Kier alpha value is -3.40. The third-order valence-electron chi connectivity index (χ3n) is 4.38. The molecule has 0 aliphatic carbocycles. The predicted octanol–water partition coefficient (Wildman–Crippen LogP) is 2.45. The number of carboxylic acids is 1. The first-order chi connectivity index (χ1) is 15.6. The quantitative estimate of drug-likeness (QED) is 0.316. The van der Waals surface area contributed by atoms with Crippen LogP contribution in [0.5, 0.6) is 0 Å². The second-order valence-corrected chi connectivity index (χ2v) is 7.04. The average Bonchev–Trinajstić information content (AvgIpc) is 2.80. The van der Waals surface area contributed by atoms with E-state index < -0.39 is 30.0 Å². The van der Waals surface area contributed by atoms with Crippen molar-refractivity contribution in [1.29, 1.82) is 0 Å². The standard InChI is InChI=1S/C21H27N3O2.C2HF3O2/c22-19(20(25)23-15-7-13-17-9-3-1-4-10-17)21(26)24-16-8-14-18-11-5-2-6-12-18;3-2(4,5)1(6)7/h1-6,9-12,19H,7-8,13-16,22H2,(H,23,25)(H,24,26);(H,6,7). The lowest BCUT2D eigenvalue weighted by Crippen LogP contribution is -2.51.